The molecule has 1 aromatic carbocycles. The van der Waals surface area contributed by atoms with Gasteiger partial charge in [-0.25, -0.2) is 22.0 Å². The molecule has 154 valence electrons. The lowest BCUT2D eigenvalue weighted by atomic mass is 10.2. The van der Waals surface area contributed by atoms with E-state index in [0.29, 0.717) is 10.2 Å². The van der Waals surface area contributed by atoms with Gasteiger partial charge in [0.15, 0.2) is 5.76 Å². The van der Waals surface area contributed by atoms with E-state index in [1.165, 1.54) is 36.4 Å². The van der Waals surface area contributed by atoms with Gasteiger partial charge in [-0.05, 0) is 29.8 Å². The standard InChI is InChI=1S/C18H13ClF5N3O2/c19-13-14(16(21)22)26-27(15(13)17(23)24)8-11-5-6-12(29-11)18(28)25-7-9-1-3-10(20)4-2-9/h1-6,16-17H,7-8H2,(H,25,28). The van der Waals surface area contributed by atoms with Crippen LogP contribution in [-0.4, -0.2) is 15.7 Å². The molecule has 11 heteroatoms. The molecule has 0 aliphatic carbocycles. The average molecular weight is 434 g/mol. The van der Waals surface area contributed by atoms with Gasteiger partial charge in [0.25, 0.3) is 18.8 Å². The molecule has 3 rings (SSSR count). The lowest BCUT2D eigenvalue weighted by molar-refractivity contribution is 0.0920. The molecule has 0 aliphatic heterocycles. The Morgan fingerprint density at radius 3 is 2.41 bits per heavy atom. The molecule has 1 amide bonds. The van der Waals surface area contributed by atoms with Crippen LogP contribution in [0, 0.1) is 5.82 Å². The minimum absolute atomic E-state index is 0.0406. The maximum atomic E-state index is 13.2. The fraction of sp³-hybridized carbons (Fsp3) is 0.222. The third-order valence-corrected chi connectivity index (χ3v) is 4.31. The van der Waals surface area contributed by atoms with Crippen LogP contribution in [0.2, 0.25) is 5.02 Å². The van der Waals surface area contributed by atoms with Crippen molar-refractivity contribution >= 4 is 17.5 Å². The zero-order valence-electron chi connectivity index (χ0n) is 14.5. The molecule has 5 nitrogen and oxygen atoms in total. The molecular weight excluding hydrogens is 421 g/mol. The van der Waals surface area contributed by atoms with Gasteiger partial charge >= 0.3 is 0 Å². The maximum Gasteiger partial charge on any atom is 0.287 e. The van der Waals surface area contributed by atoms with Crippen molar-refractivity contribution in [1.29, 1.82) is 0 Å². The number of hydrogen-bond acceptors (Lipinski definition) is 3. The lowest BCUT2D eigenvalue weighted by Gasteiger charge is -2.05. The predicted octanol–water partition coefficient (Wildman–Crippen LogP) is 5.12. The Bertz CT molecular complexity index is 1000. The normalized spacial score (nSPS) is 11.4. The van der Waals surface area contributed by atoms with Crippen molar-refractivity contribution in [2.75, 3.05) is 0 Å². The maximum absolute atomic E-state index is 13.2. The number of hydrogen-bond donors (Lipinski definition) is 1. The topological polar surface area (TPSA) is 60.1 Å². The SMILES string of the molecule is O=C(NCc1ccc(F)cc1)c1ccc(Cn2nc(C(F)F)c(Cl)c2C(F)F)o1. The summed E-state index contributed by atoms with van der Waals surface area (Å²) in [6.45, 7) is -0.311. The highest BCUT2D eigenvalue weighted by Gasteiger charge is 2.28. The molecule has 0 saturated heterocycles. The monoisotopic (exact) mass is 433 g/mol. The van der Waals surface area contributed by atoms with Crippen LogP contribution in [0.5, 0.6) is 0 Å². The molecule has 0 atom stereocenters. The Balaban J connectivity index is 1.71. The van der Waals surface area contributed by atoms with Crippen molar-refractivity contribution in [3.8, 4) is 0 Å². The van der Waals surface area contributed by atoms with Gasteiger partial charge in [-0.15, -0.1) is 0 Å². The molecule has 29 heavy (non-hydrogen) atoms. The van der Waals surface area contributed by atoms with Crippen LogP contribution in [0.3, 0.4) is 0 Å². The number of nitrogens with zero attached hydrogens (tertiary/aromatic N) is 2. The Kier molecular flexibility index (Phi) is 6.21. The molecule has 0 fully saturated rings. The zero-order chi connectivity index (χ0) is 21.1. The molecule has 0 aliphatic rings. The van der Waals surface area contributed by atoms with Gasteiger partial charge in [-0.3, -0.25) is 9.48 Å². The van der Waals surface area contributed by atoms with Crippen molar-refractivity contribution in [3.05, 3.63) is 75.7 Å². The molecule has 0 bridgehead atoms. The van der Waals surface area contributed by atoms with Gasteiger partial charge in [-0.2, -0.15) is 5.10 Å². The zero-order valence-corrected chi connectivity index (χ0v) is 15.3. The molecule has 0 spiro atoms. The number of alkyl halides is 4. The number of amides is 1. The van der Waals surface area contributed by atoms with Crippen LogP contribution < -0.4 is 5.32 Å². The van der Waals surface area contributed by atoms with Crippen molar-refractivity contribution < 1.29 is 31.2 Å². The van der Waals surface area contributed by atoms with Gasteiger partial charge in [0.2, 0.25) is 0 Å². The highest BCUT2D eigenvalue weighted by atomic mass is 35.5. The van der Waals surface area contributed by atoms with Gasteiger partial charge < -0.3 is 9.73 Å². The van der Waals surface area contributed by atoms with Crippen LogP contribution in [0.1, 0.15) is 46.1 Å². The fourth-order valence-electron chi connectivity index (χ4n) is 2.54. The second-order valence-corrected chi connectivity index (χ2v) is 6.30. The summed E-state index contributed by atoms with van der Waals surface area (Å²) in [4.78, 5) is 12.1. The number of halogens is 6. The van der Waals surface area contributed by atoms with Crippen LogP contribution in [0.4, 0.5) is 22.0 Å². The summed E-state index contributed by atoms with van der Waals surface area (Å²) in [5.74, 6) is -1.08. The summed E-state index contributed by atoms with van der Waals surface area (Å²) in [5, 5.41) is 5.17. The quantitative estimate of drug-likeness (QED) is 0.526. The van der Waals surface area contributed by atoms with E-state index >= 15 is 0 Å². The molecule has 1 N–H and O–H groups in total. The first-order chi connectivity index (χ1) is 13.8. The number of benzene rings is 1. The number of carbonyl (C=O) groups excluding carboxylic acids is 1. The fourth-order valence-corrected chi connectivity index (χ4v) is 2.85. The Labute approximate surface area is 166 Å². The summed E-state index contributed by atoms with van der Waals surface area (Å²) in [7, 11) is 0. The molecule has 2 heterocycles. The van der Waals surface area contributed by atoms with Gasteiger partial charge in [-0.1, -0.05) is 23.7 Å². The molecule has 0 unspecified atom stereocenters. The van der Waals surface area contributed by atoms with E-state index in [0.717, 1.165) is 0 Å². The Morgan fingerprint density at radius 1 is 1.10 bits per heavy atom. The Hall–Kier alpha value is -2.88. The van der Waals surface area contributed by atoms with E-state index in [4.69, 9.17) is 16.0 Å². The number of nitrogens with one attached hydrogen (secondary N) is 1. The molecule has 3 aromatic rings. The van der Waals surface area contributed by atoms with Gasteiger partial charge in [0.05, 0.1) is 11.6 Å². The summed E-state index contributed by atoms with van der Waals surface area (Å²) < 4.78 is 70.9. The van der Waals surface area contributed by atoms with E-state index in [1.807, 2.05) is 0 Å². The summed E-state index contributed by atoms with van der Waals surface area (Å²) in [6.07, 6.45) is -6.25. The van der Waals surface area contributed by atoms with E-state index < -0.39 is 47.5 Å². The minimum atomic E-state index is -3.13. The number of carbonyl (C=O) groups is 1. The third kappa shape index (κ3) is 4.76. The van der Waals surface area contributed by atoms with Crippen LogP contribution in [-0.2, 0) is 13.1 Å². The molecule has 0 saturated carbocycles. The van der Waals surface area contributed by atoms with Crippen molar-refractivity contribution in [1.82, 2.24) is 15.1 Å². The van der Waals surface area contributed by atoms with Crippen LogP contribution >= 0.6 is 11.6 Å². The van der Waals surface area contributed by atoms with Gasteiger partial charge in [0.1, 0.15) is 23.0 Å². The van der Waals surface area contributed by atoms with E-state index in [-0.39, 0.29) is 18.1 Å². The van der Waals surface area contributed by atoms with Crippen LogP contribution in [0.25, 0.3) is 0 Å². The first-order valence-electron chi connectivity index (χ1n) is 8.20. The average Bonchev–Trinajstić information content (AvgIpc) is 3.26. The number of rotatable bonds is 7. The van der Waals surface area contributed by atoms with E-state index in [2.05, 4.69) is 10.4 Å². The predicted molar refractivity (Wildman–Crippen MR) is 92.5 cm³/mol. The molecular formula is C18H13ClF5N3O2. The van der Waals surface area contributed by atoms with Crippen molar-refractivity contribution in [2.24, 2.45) is 0 Å². The first-order valence-corrected chi connectivity index (χ1v) is 8.57. The second kappa shape index (κ2) is 8.64. The van der Waals surface area contributed by atoms with E-state index in [9.17, 15) is 26.7 Å². The van der Waals surface area contributed by atoms with E-state index in [1.54, 1.807) is 0 Å². The smallest absolute Gasteiger partial charge is 0.287 e. The lowest BCUT2D eigenvalue weighted by Crippen LogP contribution is -2.22. The molecule has 0 radical (unpaired) electrons. The highest BCUT2D eigenvalue weighted by Crippen LogP contribution is 2.35. The largest absolute Gasteiger partial charge is 0.454 e. The summed E-state index contributed by atoms with van der Waals surface area (Å²) in [5.41, 5.74) is -1.16. The van der Waals surface area contributed by atoms with Gasteiger partial charge in [0, 0.05) is 6.54 Å². The number of aromatic nitrogens is 2. The minimum Gasteiger partial charge on any atom is -0.454 e. The second-order valence-electron chi connectivity index (χ2n) is 5.92. The molecule has 2 aromatic heterocycles. The number of furan rings is 1. The Morgan fingerprint density at radius 2 is 1.79 bits per heavy atom. The summed E-state index contributed by atoms with van der Waals surface area (Å²) in [6, 6.07) is 8.12. The third-order valence-electron chi connectivity index (χ3n) is 3.93. The van der Waals surface area contributed by atoms with Crippen LogP contribution in [0.15, 0.2) is 40.8 Å². The van der Waals surface area contributed by atoms with Crippen molar-refractivity contribution in [3.63, 3.8) is 0 Å². The summed E-state index contributed by atoms with van der Waals surface area (Å²) >= 11 is 5.59. The highest BCUT2D eigenvalue weighted by molar-refractivity contribution is 6.32. The first kappa shape index (κ1) is 20.8. The van der Waals surface area contributed by atoms with Crippen molar-refractivity contribution in [2.45, 2.75) is 25.9 Å².